The fourth-order valence-electron chi connectivity index (χ4n) is 3.95. The van der Waals surface area contributed by atoms with Gasteiger partial charge in [-0.3, -0.25) is 0 Å². The first-order valence-electron chi connectivity index (χ1n) is 11.3. The number of nitrogens with one attached hydrogen (secondary N) is 1. The highest BCUT2D eigenvalue weighted by Crippen LogP contribution is 2.31. The van der Waals surface area contributed by atoms with E-state index >= 15 is 0 Å². The number of likely N-dealkylation sites (N-methyl/N-ethyl adjacent to an activating group) is 1. The molecule has 1 aromatic heterocycles. The van der Waals surface area contributed by atoms with Crippen molar-refractivity contribution < 1.29 is 0 Å². The van der Waals surface area contributed by atoms with E-state index in [1.807, 2.05) is 6.92 Å². The van der Waals surface area contributed by atoms with Crippen molar-refractivity contribution in [2.24, 2.45) is 0 Å². The highest BCUT2D eigenvalue weighted by atomic mass is 15.2. The van der Waals surface area contributed by atoms with Crippen molar-refractivity contribution in [1.29, 1.82) is 0 Å². The van der Waals surface area contributed by atoms with Crippen LogP contribution < -0.4 is 16.0 Å². The maximum Gasteiger partial charge on any atom is 0.229 e. The van der Waals surface area contributed by atoms with Gasteiger partial charge in [-0.05, 0) is 55.3 Å². The third-order valence-corrected chi connectivity index (χ3v) is 6.18. The summed E-state index contributed by atoms with van der Waals surface area (Å²) >= 11 is 0. The summed E-state index contributed by atoms with van der Waals surface area (Å²) in [5.41, 5.74) is 12.6. The zero-order chi connectivity index (χ0) is 22.9. The number of aromatic nitrogens is 2. The molecule has 0 radical (unpaired) electrons. The number of hydrogen-bond acceptors (Lipinski definition) is 6. The molecule has 0 spiro atoms. The summed E-state index contributed by atoms with van der Waals surface area (Å²) < 4.78 is 0. The molecule has 1 aliphatic rings. The average molecular weight is 431 g/mol. The fraction of sp³-hybridized carbons (Fsp3) is 0.385. The van der Waals surface area contributed by atoms with Gasteiger partial charge in [0.05, 0.1) is 5.69 Å². The highest BCUT2D eigenvalue weighted by Gasteiger charge is 2.17. The van der Waals surface area contributed by atoms with Crippen molar-refractivity contribution in [1.82, 2.24) is 14.9 Å². The number of piperazine rings is 1. The Labute approximate surface area is 191 Å². The van der Waals surface area contributed by atoms with Gasteiger partial charge in [-0.25, -0.2) is 4.98 Å². The second-order valence-electron chi connectivity index (χ2n) is 9.70. The van der Waals surface area contributed by atoms with Crippen LogP contribution in [0, 0.1) is 6.92 Å². The van der Waals surface area contributed by atoms with Crippen LogP contribution in [0.2, 0.25) is 0 Å². The van der Waals surface area contributed by atoms with Crippen LogP contribution in [-0.2, 0) is 5.41 Å². The van der Waals surface area contributed by atoms with Gasteiger partial charge in [0, 0.05) is 48.7 Å². The minimum Gasteiger partial charge on any atom is -0.383 e. The molecular formula is C26H34N6. The lowest BCUT2D eigenvalue weighted by Crippen LogP contribution is -2.44. The van der Waals surface area contributed by atoms with Gasteiger partial charge in [0.1, 0.15) is 5.82 Å². The van der Waals surface area contributed by atoms with E-state index in [0.717, 1.165) is 48.7 Å². The first kappa shape index (κ1) is 22.1. The molecule has 0 amide bonds. The Kier molecular flexibility index (Phi) is 6.07. The third-order valence-electron chi connectivity index (χ3n) is 6.18. The Morgan fingerprint density at radius 3 is 2.28 bits per heavy atom. The lowest BCUT2D eigenvalue weighted by Gasteiger charge is -2.34. The van der Waals surface area contributed by atoms with Crippen molar-refractivity contribution in [2.75, 3.05) is 49.2 Å². The molecule has 6 nitrogen and oxygen atoms in total. The Morgan fingerprint density at radius 2 is 1.62 bits per heavy atom. The van der Waals surface area contributed by atoms with E-state index in [1.165, 1.54) is 11.3 Å². The monoisotopic (exact) mass is 430 g/mol. The minimum absolute atomic E-state index is 0.0646. The molecule has 3 aromatic rings. The van der Waals surface area contributed by atoms with Gasteiger partial charge in [0.2, 0.25) is 5.95 Å². The van der Waals surface area contributed by atoms with E-state index in [4.69, 9.17) is 10.7 Å². The molecule has 168 valence electrons. The van der Waals surface area contributed by atoms with Gasteiger partial charge < -0.3 is 20.9 Å². The summed E-state index contributed by atoms with van der Waals surface area (Å²) in [6.45, 7) is 12.9. The molecule has 1 saturated heterocycles. The third kappa shape index (κ3) is 4.86. The van der Waals surface area contributed by atoms with Crippen LogP contribution in [0.5, 0.6) is 0 Å². The summed E-state index contributed by atoms with van der Waals surface area (Å²) in [5, 5.41) is 3.34. The van der Waals surface area contributed by atoms with Crippen molar-refractivity contribution in [3.8, 4) is 11.3 Å². The van der Waals surface area contributed by atoms with Crippen LogP contribution in [0.4, 0.5) is 23.1 Å². The van der Waals surface area contributed by atoms with Crippen molar-refractivity contribution in [3.63, 3.8) is 0 Å². The van der Waals surface area contributed by atoms with E-state index in [-0.39, 0.29) is 5.41 Å². The number of anilines is 4. The number of benzene rings is 2. The molecule has 1 fully saturated rings. The van der Waals surface area contributed by atoms with Crippen LogP contribution in [0.15, 0.2) is 48.5 Å². The first-order chi connectivity index (χ1) is 15.2. The number of nitrogen functional groups attached to an aromatic ring is 1. The summed E-state index contributed by atoms with van der Waals surface area (Å²) in [6, 6.07) is 17.0. The number of rotatable bonds is 4. The summed E-state index contributed by atoms with van der Waals surface area (Å²) in [4.78, 5) is 14.1. The molecule has 0 unspecified atom stereocenters. The number of hydrogen-bond donors (Lipinski definition) is 2. The van der Waals surface area contributed by atoms with Gasteiger partial charge in [0.25, 0.3) is 0 Å². The molecule has 0 bridgehead atoms. The molecular weight excluding hydrogens is 396 g/mol. The number of nitrogens with two attached hydrogens (primary N) is 1. The Morgan fingerprint density at radius 1 is 0.938 bits per heavy atom. The topological polar surface area (TPSA) is 70.3 Å². The van der Waals surface area contributed by atoms with Crippen LogP contribution in [0.25, 0.3) is 11.3 Å². The van der Waals surface area contributed by atoms with E-state index in [9.17, 15) is 0 Å². The Hall–Kier alpha value is -3.12. The fourth-order valence-corrected chi connectivity index (χ4v) is 3.95. The summed E-state index contributed by atoms with van der Waals surface area (Å²) in [5.74, 6) is 1.00. The standard InChI is InChI=1S/C26H34N6/c1-18-23(19-7-6-8-20(17-19)26(2,3)4)29-25(30-24(18)27)28-21-9-11-22(12-10-21)32-15-13-31(5)14-16-32/h6-12,17H,13-16H2,1-5H3,(H3,27,28,29,30). The zero-order valence-electron chi connectivity index (χ0n) is 19.8. The maximum atomic E-state index is 6.27. The molecule has 4 rings (SSSR count). The second kappa shape index (κ2) is 8.79. The summed E-state index contributed by atoms with van der Waals surface area (Å²) in [7, 11) is 2.17. The van der Waals surface area contributed by atoms with Crippen LogP contribution in [-0.4, -0.2) is 48.1 Å². The maximum absolute atomic E-state index is 6.27. The Bertz CT molecular complexity index is 1080. The van der Waals surface area contributed by atoms with Crippen LogP contribution >= 0.6 is 0 Å². The highest BCUT2D eigenvalue weighted by molar-refractivity contribution is 5.71. The summed E-state index contributed by atoms with van der Waals surface area (Å²) in [6.07, 6.45) is 0. The van der Waals surface area contributed by atoms with Crippen molar-refractivity contribution >= 4 is 23.1 Å². The number of nitrogens with zero attached hydrogens (tertiary/aromatic N) is 4. The molecule has 0 saturated carbocycles. The van der Waals surface area contributed by atoms with Crippen molar-refractivity contribution in [2.45, 2.75) is 33.1 Å². The molecule has 0 atom stereocenters. The lowest BCUT2D eigenvalue weighted by atomic mass is 9.85. The van der Waals surface area contributed by atoms with Crippen LogP contribution in [0.1, 0.15) is 31.9 Å². The predicted octanol–water partition coefficient (Wildman–Crippen LogP) is 4.83. The molecule has 32 heavy (non-hydrogen) atoms. The van der Waals surface area contributed by atoms with E-state index in [1.54, 1.807) is 0 Å². The predicted molar refractivity (Wildman–Crippen MR) is 135 cm³/mol. The molecule has 3 N–H and O–H groups in total. The normalized spacial score (nSPS) is 15.1. The molecule has 2 heterocycles. The Balaban J connectivity index is 1.57. The average Bonchev–Trinajstić information content (AvgIpc) is 2.77. The van der Waals surface area contributed by atoms with E-state index in [2.05, 4.69) is 96.5 Å². The van der Waals surface area contributed by atoms with Crippen molar-refractivity contribution in [3.05, 3.63) is 59.7 Å². The second-order valence-corrected chi connectivity index (χ2v) is 9.70. The first-order valence-corrected chi connectivity index (χ1v) is 11.3. The van der Waals surface area contributed by atoms with Gasteiger partial charge >= 0.3 is 0 Å². The van der Waals surface area contributed by atoms with Gasteiger partial charge in [0.15, 0.2) is 0 Å². The minimum atomic E-state index is 0.0646. The van der Waals surface area contributed by atoms with Gasteiger partial charge in [-0.2, -0.15) is 4.98 Å². The zero-order valence-corrected chi connectivity index (χ0v) is 19.8. The molecule has 6 heteroatoms. The van der Waals surface area contributed by atoms with E-state index < -0.39 is 0 Å². The van der Waals surface area contributed by atoms with E-state index in [0.29, 0.717) is 11.8 Å². The largest absolute Gasteiger partial charge is 0.383 e. The van der Waals surface area contributed by atoms with Crippen LogP contribution in [0.3, 0.4) is 0 Å². The van der Waals surface area contributed by atoms with Gasteiger partial charge in [-0.1, -0.05) is 39.0 Å². The molecule has 0 aliphatic carbocycles. The molecule has 2 aromatic carbocycles. The SMILES string of the molecule is Cc1c(N)nc(Nc2ccc(N3CCN(C)CC3)cc2)nc1-c1cccc(C(C)(C)C)c1. The smallest absolute Gasteiger partial charge is 0.229 e. The van der Waals surface area contributed by atoms with Gasteiger partial charge in [-0.15, -0.1) is 0 Å². The lowest BCUT2D eigenvalue weighted by molar-refractivity contribution is 0.313. The quantitative estimate of drug-likeness (QED) is 0.618. The molecule has 1 aliphatic heterocycles.